The van der Waals surface area contributed by atoms with Gasteiger partial charge in [0.25, 0.3) is 0 Å². The lowest BCUT2D eigenvalue weighted by Gasteiger charge is -2.16. The maximum atomic E-state index is 13.7. The van der Waals surface area contributed by atoms with Gasteiger partial charge in [0.1, 0.15) is 0 Å². The molecule has 6 rings (SSSR count). The van der Waals surface area contributed by atoms with Crippen LogP contribution in [0.5, 0.6) is 0 Å². The zero-order valence-corrected chi connectivity index (χ0v) is 28.3. The van der Waals surface area contributed by atoms with Gasteiger partial charge in [0, 0.05) is 0 Å². The number of hydrogen-bond donors (Lipinski definition) is 0. The second-order valence-electron chi connectivity index (χ2n) is 12.6. The molecule has 0 bridgehead atoms. The quantitative estimate of drug-likeness (QED) is 0.0864. The summed E-state index contributed by atoms with van der Waals surface area (Å²) >= 11 is 0. The van der Waals surface area contributed by atoms with Gasteiger partial charge in [0.15, 0.2) is 0 Å². The molecular weight excluding hydrogens is 617 g/mol. The lowest BCUT2D eigenvalue weighted by Crippen LogP contribution is -2.17. The van der Waals surface area contributed by atoms with E-state index in [0.29, 0.717) is 24.0 Å². The molecule has 250 valence electrons. The van der Waals surface area contributed by atoms with Crippen LogP contribution in [-0.2, 0) is 61.1 Å². The van der Waals surface area contributed by atoms with E-state index in [2.05, 4.69) is 60.7 Å². The van der Waals surface area contributed by atoms with Crippen molar-refractivity contribution in [3.63, 3.8) is 0 Å². The highest BCUT2D eigenvalue weighted by atomic mass is 17.2. The van der Waals surface area contributed by atoms with Crippen molar-refractivity contribution in [3.05, 3.63) is 213 Å². The number of aryl methyl sites for hydroxylation is 6. The molecule has 6 aromatic rings. The topological polar surface area (TPSA) is 52.6 Å². The van der Waals surface area contributed by atoms with E-state index in [0.717, 1.165) is 60.8 Å². The fourth-order valence-electron chi connectivity index (χ4n) is 6.55. The molecule has 0 aliphatic rings. The SMILES string of the molecule is O=C(OOC(=O)c1cccc(CCc2ccccc2)c1CCc1ccccc1)c1cccc(CCc2ccccc2)c1CCc1ccccc1. The van der Waals surface area contributed by atoms with E-state index in [9.17, 15) is 9.59 Å². The van der Waals surface area contributed by atoms with Crippen LogP contribution in [0.15, 0.2) is 158 Å². The minimum absolute atomic E-state index is 0.417. The van der Waals surface area contributed by atoms with Crippen LogP contribution >= 0.6 is 0 Å². The van der Waals surface area contributed by atoms with E-state index in [1.165, 1.54) is 22.3 Å². The molecule has 0 spiro atoms. The summed E-state index contributed by atoms with van der Waals surface area (Å²) < 4.78 is 0. The maximum Gasteiger partial charge on any atom is 0.386 e. The average Bonchev–Trinajstić information content (AvgIpc) is 3.18. The predicted molar refractivity (Wildman–Crippen MR) is 199 cm³/mol. The lowest BCUT2D eigenvalue weighted by atomic mass is 9.91. The highest BCUT2D eigenvalue weighted by Crippen LogP contribution is 2.24. The average molecular weight is 659 g/mol. The number of rotatable bonds is 14. The molecule has 0 aromatic heterocycles. The van der Waals surface area contributed by atoms with Crippen LogP contribution in [-0.4, -0.2) is 11.9 Å². The third-order valence-electron chi connectivity index (χ3n) is 9.24. The van der Waals surface area contributed by atoms with Crippen LogP contribution in [0.4, 0.5) is 0 Å². The fraction of sp³-hybridized carbons (Fsp3) is 0.174. The maximum absolute atomic E-state index is 13.7. The van der Waals surface area contributed by atoms with Gasteiger partial charge in [-0.15, -0.1) is 0 Å². The van der Waals surface area contributed by atoms with Crippen molar-refractivity contribution in [1.82, 2.24) is 0 Å². The number of carbonyl (C=O) groups excluding carboxylic acids is 2. The van der Waals surface area contributed by atoms with Crippen molar-refractivity contribution < 1.29 is 19.4 Å². The Morgan fingerprint density at radius 3 is 0.940 bits per heavy atom. The molecule has 4 heteroatoms. The zero-order chi connectivity index (χ0) is 34.4. The summed E-state index contributed by atoms with van der Waals surface area (Å²) in [5.41, 5.74) is 9.67. The normalized spacial score (nSPS) is 10.8. The molecule has 0 atom stereocenters. The van der Waals surface area contributed by atoms with Crippen LogP contribution < -0.4 is 0 Å². The molecule has 0 N–H and O–H groups in total. The molecule has 0 unspecified atom stereocenters. The highest BCUT2D eigenvalue weighted by molar-refractivity contribution is 5.94. The third-order valence-corrected chi connectivity index (χ3v) is 9.24. The molecule has 0 radical (unpaired) electrons. The molecule has 6 aromatic carbocycles. The van der Waals surface area contributed by atoms with E-state index in [4.69, 9.17) is 9.78 Å². The molecule has 50 heavy (non-hydrogen) atoms. The van der Waals surface area contributed by atoms with Crippen LogP contribution in [0, 0.1) is 0 Å². The van der Waals surface area contributed by atoms with Crippen LogP contribution in [0.25, 0.3) is 0 Å². The summed E-state index contributed by atoms with van der Waals surface area (Å²) in [6, 6.07) is 52.6. The molecule has 4 nitrogen and oxygen atoms in total. The summed E-state index contributed by atoms with van der Waals surface area (Å²) in [6.45, 7) is 0. The van der Waals surface area contributed by atoms with Crippen LogP contribution in [0.1, 0.15) is 65.2 Å². The van der Waals surface area contributed by atoms with Gasteiger partial charge in [-0.2, -0.15) is 0 Å². The molecular formula is C46H42O4. The predicted octanol–water partition coefficient (Wildman–Crippen LogP) is 9.76. The first-order valence-corrected chi connectivity index (χ1v) is 17.4. The van der Waals surface area contributed by atoms with Crippen molar-refractivity contribution in [3.8, 4) is 0 Å². The van der Waals surface area contributed by atoms with Crippen molar-refractivity contribution >= 4 is 11.9 Å². The van der Waals surface area contributed by atoms with E-state index in [1.807, 2.05) is 84.9 Å². The van der Waals surface area contributed by atoms with Crippen molar-refractivity contribution in [2.75, 3.05) is 0 Å². The number of hydrogen-bond acceptors (Lipinski definition) is 4. The van der Waals surface area contributed by atoms with E-state index in [1.54, 1.807) is 12.1 Å². The Morgan fingerprint density at radius 2 is 0.620 bits per heavy atom. The summed E-state index contributed by atoms with van der Waals surface area (Å²) in [5, 5.41) is 0. The first-order valence-electron chi connectivity index (χ1n) is 17.4. The Balaban J connectivity index is 1.21. The Morgan fingerprint density at radius 1 is 0.320 bits per heavy atom. The molecule has 0 heterocycles. The summed E-state index contributed by atoms with van der Waals surface area (Å²) in [5.74, 6) is -1.34. The second kappa shape index (κ2) is 17.6. The van der Waals surface area contributed by atoms with Gasteiger partial charge >= 0.3 is 11.9 Å². The highest BCUT2D eigenvalue weighted by Gasteiger charge is 2.22. The van der Waals surface area contributed by atoms with Gasteiger partial charge in [-0.25, -0.2) is 19.4 Å². The smallest absolute Gasteiger partial charge is 0.241 e. The number of benzene rings is 6. The Kier molecular flexibility index (Phi) is 12.0. The summed E-state index contributed by atoms with van der Waals surface area (Å²) in [7, 11) is 0. The first-order chi connectivity index (χ1) is 24.6. The lowest BCUT2D eigenvalue weighted by molar-refractivity contribution is -0.187. The summed E-state index contributed by atoms with van der Waals surface area (Å²) in [6.07, 6.45) is 6.08. The zero-order valence-electron chi connectivity index (χ0n) is 28.3. The Bertz CT molecular complexity index is 1820. The van der Waals surface area contributed by atoms with Gasteiger partial charge < -0.3 is 0 Å². The molecule has 0 fully saturated rings. The minimum Gasteiger partial charge on any atom is -0.241 e. The molecule has 0 aliphatic heterocycles. The van der Waals surface area contributed by atoms with E-state index < -0.39 is 11.9 Å². The first kappa shape index (κ1) is 34.1. The van der Waals surface area contributed by atoms with Crippen molar-refractivity contribution in [2.45, 2.75) is 51.4 Å². The van der Waals surface area contributed by atoms with Gasteiger partial charge in [-0.05, 0) is 108 Å². The largest absolute Gasteiger partial charge is 0.386 e. The van der Waals surface area contributed by atoms with Crippen molar-refractivity contribution in [2.24, 2.45) is 0 Å². The molecule has 0 amide bonds. The summed E-state index contributed by atoms with van der Waals surface area (Å²) in [4.78, 5) is 38.0. The van der Waals surface area contributed by atoms with E-state index >= 15 is 0 Å². The molecule has 0 aliphatic carbocycles. The van der Waals surface area contributed by atoms with Gasteiger partial charge in [-0.1, -0.05) is 146 Å². The number of carbonyl (C=O) groups is 2. The second-order valence-corrected chi connectivity index (χ2v) is 12.6. The Labute approximate surface area is 295 Å². The van der Waals surface area contributed by atoms with E-state index in [-0.39, 0.29) is 0 Å². The molecule has 0 saturated heterocycles. The standard InChI is InChI=1S/C46H42O4/c47-45(43-25-13-23-39(31-27-35-15-5-1-6-16-35)41(43)33-29-37-19-9-3-10-20-37)49-50-46(48)44-26-14-24-40(32-28-36-17-7-2-8-18-36)42(44)34-30-38-21-11-4-12-22-38/h1-26H,27-34H2. The monoisotopic (exact) mass is 658 g/mol. The van der Waals surface area contributed by atoms with Gasteiger partial charge in [0.05, 0.1) is 11.1 Å². The minimum atomic E-state index is -0.672. The van der Waals surface area contributed by atoms with Gasteiger partial charge in [0.2, 0.25) is 0 Å². The van der Waals surface area contributed by atoms with Crippen molar-refractivity contribution in [1.29, 1.82) is 0 Å². The van der Waals surface area contributed by atoms with Crippen LogP contribution in [0.3, 0.4) is 0 Å². The van der Waals surface area contributed by atoms with Crippen LogP contribution in [0.2, 0.25) is 0 Å². The van der Waals surface area contributed by atoms with Gasteiger partial charge in [-0.3, -0.25) is 0 Å². The Hall–Kier alpha value is -5.74. The molecule has 0 saturated carbocycles. The fourth-order valence-corrected chi connectivity index (χ4v) is 6.55. The third kappa shape index (κ3) is 9.45.